The number of hydrogen-bond acceptors (Lipinski definition) is 3. The van der Waals surface area contributed by atoms with Crippen molar-refractivity contribution < 1.29 is 19.0 Å². The molecule has 1 heterocycles. The fourth-order valence-corrected chi connectivity index (χ4v) is 2.39. The molecule has 1 aliphatic heterocycles. The van der Waals surface area contributed by atoms with Gasteiger partial charge in [-0.3, -0.25) is 4.79 Å². The van der Waals surface area contributed by atoms with Gasteiger partial charge in [-0.25, -0.2) is 4.39 Å². The van der Waals surface area contributed by atoms with Gasteiger partial charge in [0.05, 0.1) is 11.7 Å². The van der Waals surface area contributed by atoms with E-state index in [0.29, 0.717) is 19.7 Å². The van der Waals surface area contributed by atoms with Crippen LogP contribution in [0.4, 0.5) is 4.39 Å². The highest BCUT2D eigenvalue weighted by Gasteiger charge is 2.26. The van der Waals surface area contributed by atoms with Gasteiger partial charge in [0, 0.05) is 19.7 Å². The molecular weight excluding hydrogens is 261 g/mol. The van der Waals surface area contributed by atoms with Crippen LogP contribution in [-0.2, 0) is 4.74 Å². The van der Waals surface area contributed by atoms with Crippen molar-refractivity contribution in [1.29, 1.82) is 0 Å². The quantitative estimate of drug-likeness (QED) is 0.922. The molecule has 0 spiro atoms. The molecule has 0 radical (unpaired) electrons. The van der Waals surface area contributed by atoms with Gasteiger partial charge in [0.2, 0.25) is 0 Å². The Hall–Kier alpha value is -1.62. The lowest BCUT2D eigenvalue weighted by molar-refractivity contribution is 0.00201. The molecule has 1 aromatic carbocycles. The molecule has 1 fully saturated rings. The number of likely N-dealkylation sites (tertiary alicyclic amines) is 1. The van der Waals surface area contributed by atoms with Crippen molar-refractivity contribution in [3.63, 3.8) is 0 Å². The second-order valence-electron chi connectivity index (χ2n) is 5.05. The number of carbonyl (C=O) groups is 1. The van der Waals surface area contributed by atoms with E-state index in [2.05, 4.69) is 0 Å². The van der Waals surface area contributed by atoms with Gasteiger partial charge in [-0.2, -0.15) is 0 Å². The first-order valence-corrected chi connectivity index (χ1v) is 7.01. The molecule has 1 saturated heterocycles. The van der Waals surface area contributed by atoms with E-state index in [9.17, 15) is 14.3 Å². The predicted molar refractivity (Wildman–Crippen MR) is 73.2 cm³/mol. The number of phenols is 1. The summed E-state index contributed by atoms with van der Waals surface area (Å²) in [4.78, 5) is 14.0. The van der Waals surface area contributed by atoms with Crippen LogP contribution < -0.4 is 0 Å². The maximum absolute atomic E-state index is 13.2. The smallest absolute Gasteiger partial charge is 0.257 e. The van der Waals surface area contributed by atoms with Crippen molar-refractivity contribution >= 4 is 5.91 Å². The molecule has 0 unspecified atom stereocenters. The summed E-state index contributed by atoms with van der Waals surface area (Å²) >= 11 is 0. The first kappa shape index (κ1) is 14.8. The molecule has 1 atom stereocenters. The average molecular weight is 281 g/mol. The fraction of sp³-hybridized carbons (Fsp3) is 0.533. The molecule has 110 valence electrons. The van der Waals surface area contributed by atoms with Crippen molar-refractivity contribution in [3.8, 4) is 5.75 Å². The van der Waals surface area contributed by atoms with Crippen LogP contribution in [0.15, 0.2) is 18.2 Å². The van der Waals surface area contributed by atoms with E-state index < -0.39 is 5.82 Å². The Balaban J connectivity index is 2.06. The van der Waals surface area contributed by atoms with Crippen LogP contribution in [0, 0.1) is 5.82 Å². The van der Waals surface area contributed by atoms with Crippen LogP contribution in [0.2, 0.25) is 0 Å². The van der Waals surface area contributed by atoms with Gasteiger partial charge in [-0.15, -0.1) is 0 Å². The molecule has 1 aromatic rings. The largest absolute Gasteiger partial charge is 0.507 e. The Bertz CT molecular complexity index is 478. The van der Waals surface area contributed by atoms with Crippen molar-refractivity contribution in [2.45, 2.75) is 32.3 Å². The zero-order valence-electron chi connectivity index (χ0n) is 11.6. The van der Waals surface area contributed by atoms with E-state index in [1.165, 1.54) is 6.07 Å². The normalized spacial score (nSPS) is 19.1. The highest BCUT2D eigenvalue weighted by atomic mass is 19.1. The number of phenolic OH excluding ortho intramolecular Hbond substituents is 1. The highest BCUT2D eigenvalue weighted by molar-refractivity contribution is 5.96. The number of rotatable bonds is 4. The molecule has 1 aliphatic rings. The van der Waals surface area contributed by atoms with E-state index in [4.69, 9.17) is 4.74 Å². The number of hydrogen-bond donors (Lipinski definition) is 1. The Morgan fingerprint density at radius 1 is 1.55 bits per heavy atom. The molecule has 1 amide bonds. The maximum atomic E-state index is 13.2. The zero-order chi connectivity index (χ0) is 14.5. The Labute approximate surface area is 118 Å². The molecule has 2 rings (SSSR count). The van der Waals surface area contributed by atoms with Gasteiger partial charge in [-0.05, 0) is 37.5 Å². The fourth-order valence-electron chi connectivity index (χ4n) is 2.39. The van der Waals surface area contributed by atoms with Gasteiger partial charge < -0.3 is 14.7 Å². The summed E-state index contributed by atoms with van der Waals surface area (Å²) in [6.07, 6.45) is 2.76. The van der Waals surface area contributed by atoms with E-state index in [1.807, 2.05) is 6.92 Å². The molecular formula is C15H20FNO3. The minimum atomic E-state index is -0.526. The molecule has 1 N–H and O–H groups in total. The van der Waals surface area contributed by atoms with Gasteiger partial charge in [0.25, 0.3) is 5.91 Å². The van der Waals surface area contributed by atoms with Crippen molar-refractivity contribution in [2.24, 2.45) is 0 Å². The van der Waals surface area contributed by atoms with Gasteiger partial charge in [0.1, 0.15) is 11.6 Å². The number of nitrogens with zero attached hydrogens (tertiary/aromatic N) is 1. The number of carbonyl (C=O) groups excluding carboxylic acids is 1. The van der Waals surface area contributed by atoms with Gasteiger partial charge >= 0.3 is 0 Å². The second kappa shape index (κ2) is 6.70. The zero-order valence-corrected chi connectivity index (χ0v) is 11.6. The van der Waals surface area contributed by atoms with Crippen LogP contribution in [0.25, 0.3) is 0 Å². The van der Waals surface area contributed by atoms with Crippen LogP contribution in [0.1, 0.15) is 36.5 Å². The Kier molecular flexibility index (Phi) is 4.95. The summed E-state index contributed by atoms with van der Waals surface area (Å²) in [7, 11) is 0. The molecule has 0 aromatic heterocycles. The molecule has 20 heavy (non-hydrogen) atoms. The summed E-state index contributed by atoms with van der Waals surface area (Å²) in [6, 6.07) is 3.42. The minimum absolute atomic E-state index is 0.0149. The minimum Gasteiger partial charge on any atom is -0.507 e. The highest BCUT2D eigenvalue weighted by Crippen LogP contribution is 2.22. The van der Waals surface area contributed by atoms with Crippen LogP contribution in [0.5, 0.6) is 5.75 Å². The van der Waals surface area contributed by atoms with Gasteiger partial charge in [0.15, 0.2) is 0 Å². The van der Waals surface area contributed by atoms with E-state index >= 15 is 0 Å². The third-order valence-electron chi connectivity index (χ3n) is 3.41. The van der Waals surface area contributed by atoms with Crippen LogP contribution in [-0.4, -0.2) is 41.7 Å². The Morgan fingerprint density at radius 3 is 3.10 bits per heavy atom. The van der Waals surface area contributed by atoms with Crippen LogP contribution >= 0.6 is 0 Å². The lowest BCUT2D eigenvalue weighted by atomic mass is 10.1. The summed E-state index contributed by atoms with van der Waals surface area (Å²) < 4.78 is 18.9. The van der Waals surface area contributed by atoms with E-state index in [0.717, 1.165) is 31.4 Å². The first-order chi connectivity index (χ1) is 9.61. The number of ether oxygens (including phenoxy) is 1. The molecule has 0 bridgehead atoms. The number of halogens is 1. The number of piperidine rings is 1. The molecule has 5 heteroatoms. The summed E-state index contributed by atoms with van der Waals surface area (Å²) in [6.45, 7) is 3.82. The topological polar surface area (TPSA) is 49.8 Å². The summed E-state index contributed by atoms with van der Waals surface area (Å²) in [5.74, 6) is -1.05. The number of benzene rings is 1. The average Bonchev–Trinajstić information content (AvgIpc) is 2.47. The third kappa shape index (κ3) is 3.48. The Morgan fingerprint density at radius 2 is 2.35 bits per heavy atom. The summed E-state index contributed by atoms with van der Waals surface area (Å²) in [5, 5.41) is 9.70. The van der Waals surface area contributed by atoms with Crippen molar-refractivity contribution in [1.82, 2.24) is 4.90 Å². The van der Waals surface area contributed by atoms with Crippen molar-refractivity contribution in [3.05, 3.63) is 29.6 Å². The lowest BCUT2D eigenvalue weighted by Gasteiger charge is -2.32. The van der Waals surface area contributed by atoms with Crippen LogP contribution in [0.3, 0.4) is 0 Å². The van der Waals surface area contributed by atoms with E-state index in [1.54, 1.807) is 4.90 Å². The number of amides is 1. The maximum Gasteiger partial charge on any atom is 0.257 e. The van der Waals surface area contributed by atoms with Gasteiger partial charge in [-0.1, -0.05) is 6.92 Å². The third-order valence-corrected chi connectivity index (χ3v) is 3.41. The molecule has 0 saturated carbocycles. The first-order valence-electron chi connectivity index (χ1n) is 7.01. The van der Waals surface area contributed by atoms with E-state index in [-0.39, 0.29) is 23.3 Å². The summed E-state index contributed by atoms with van der Waals surface area (Å²) in [5.41, 5.74) is 0.0149. The predicted octanol–water partition coefficient (Wildman–Crippen LogP) is 2.56. The molecule has 4 nitrogen and oxygen atoms in total. The second-order valence-corrected chi connectivity index (χ2v) is 5.05. The lowest BCUT2D eigenvalue weighted by Crippen LogP contribution is -2.43. The molecule has 0 aliphatic carbocycles. The monoisotopic (exact) mass is 281 g/mol. The number of aromatic hydroxyl groups is 1. The standard InChI is InChI=1S/C15H20FNO3/c1-2-8-20-12-4-3-7-17(10-12)15(19)13-9-11(16)5-6-14(13)18/h5-6,9,12,18H,2-4,7-8,10H2,1H3/t12-/m0/s1. The SMILES string of the molecule is CCCO[C@H]1CCCN(C(=O)c2cc(F)ccc2O)C1. The van der Waals surface area contributed by atoms with Crippen molar-refractivity contribution in [2.75, 3.05) is 19.7 Å².